The molecule has 4 unspecified atom stereocenters. The van der Waals surface area contributed by atoms with E-state index in [0.29, 0.717) is 17.9 Å². The van der Waals surface area contributed by atoms with Crippen LogP contribution in [0, 0.1) is 23.7 Å². The summed E-state index contributed by atoms with van der Waals surface area (Å²) >= 11 is 0. The second kappa shape index (κ2) is 8.23. The van der Waals surface area contributed by atoms with Crippen LogP contribution in [0.15, 0.2) is 0 Å². The zero-order valence-electron chi connectivity index (χ0n) is 13.6. The molecule has 0 bridgehead atoms. The lowest BCUT2D eigenvalue weighted by molar-refractivity contribution is 0.0869. The van der Waals surface area contributed by atoms with Gasteiger partial charge in [-0.2, -0.15) is 0 Å². The SMILES string of the molecule is COCCN(CC(C)C)CC1C(C)CC(C)CC1N. The molecule has 0 heterocycles. The van der Waals surface area contributed by atoms with Crippen molar-refractivity contribution >= 4 is 0 Å². The van der Waals surface area contributed by atoms with Crippen LogP contribution in [0.4, 0.5) is 0 Å². The van der Waals surface area contributed by atoms with Gasteiger partial charge in [-0.3, -0.25) is 0 Å². The van der Waals surface area contributed by atoms with Crippen LogP contribution < -0.4 is 5.73 Å². The highest BCUT2D eigenvalue weighted by molar-refractivity contribution is 4.87. The highest BCUT2D eigenvalue weighted by atomic mass is 16.5. The summed E-state index contributed by atoms with van der Waals surface area (Å²) in [6, 6.07) is 0.371. The number of rotatable bonds is 7. The van der Waals surface area contributed by atoms with Crippen molar-refractivity contribution in [3.8, 4) is 0 Å². The molecule has 114 valence electrons. The largest absolute Gasteiger partial charge is 0.383 e. The van der Waals surface area contributed by atoms with Gasteiger partial charge in [-0.15, -0.1) is 0 Å². The van der Waals surface area contributed by atoms with Gasteiger partial charge in [0, 0.05) is 32.8 Å². The zero-order chi connectivity index (χ0) is 14.4. The van der Waals surface area contributed by atoms with Gasteiger partial charge in [0.15, 0.2) is 0 Å². The van der Waals surface area contributed by atoms with Crippen LogP contribution in [-0.4, -0.2) is 44.3 Å². The van der Waals surface area contributed by atoms with E-state index in [2.05, 4.69) is 32.6 Å². The summed E-state index contributed by atoms with van der Waals surface area (Å²) in [4.78, 5) is 2.55. The van der Waals surface area contributed by atoms with Crippen LogP contribution in [0.3, 0.4) is 0 Å². The molecule has 0 aromatic carbocycles. The third-order valence-electron chi connectivity index (χ3n) is 4.43. The lowest BCUT2D eigenvalue weighted by atomic mass is 9.72. The van der Waals surface area contributed by atoms with Crippen molar-refractivity contribution in [3.05, 3.63) is 0 Å². The molecular weight excluding hydrogens is 236 g/mol. The van der Waals surface area contributed by atoms with Crippen molar-refractivity contribution in [1.82, 2.24) is 4.90 Å². The average Bonchev–Trinajstić information content (AvgIpc) is 2.29. The smallest absolute Gasteiger partial charge is 0.0589 e. The Labute approximate surface area is 119 Å². The third-order valence-corrected chi connectivity index (χ3v) is 4.43. The Morgan fingerprint density at radius 2 is 1.95 bits per heavy atom. The lowest BCUT2D eigenvalue weighted by Crippen LogP contribution is -2.47. The molecule has 0 spiro atoms. The molecule has 0 aromatic rings. The van der Waals surface area contributed by atoms with Crippen molar-refractivity contribution < 1.29 is 4.74 Å². The molecule has 2 N–H and O–H groups in total. The number of ether oxygens (including phenoxy) is 1. The van der Waals surface area contributed by atoms with E-state index in [9.17, 15) is 0 Å². The maximum absolute atomic E-state index is 6.41. The number of methoxy groups -OCH3 is 1. The Kier molecular flexibility index (Phi) is 7.33. The topological polar surface area (TPSA) is 38.5 Å². The fraction of sp³-hybridized carbons (Fsp3) is 1.00. The summed E-state index contributed by atoms with van der Waals surface area (Å²) < 4.78 is 5.24. The number of hydrogen-bond acceptors (Lipinski definition) is 3. The second-order valence-electron chi connectivity index (χ2n) is 7.03. The first-order chi connectivity index (χ1) is 8.93. The van der Waals surface area contributed by atoms with E-state index in [1.165, 1.54) is 12.8 Å². The summed E-state index contributed by atoms with van der Waals surface area (Å²) in [6.45, 7) is 13.4. The standard InChI is InChI=1S/C16H34N2O/c1-12(2)10-18(6-7-19-5)11-15-14(4)8-13(3)9-16(15)17/h12-16H,6-11,17H2,1-5H3. The van der Waals surface area contributed by atoms with Gasteiger partial charge in [0.25, 0.3) is 0 Å². The summed E-state index contributed by atoms with van der Waals surface area (Å²) in [7, 11) is 1.78. The quantitative estimate of drug-likeness (QED) is 0.773. The zero-order valence-corrected chi connectivity index (χ0v) is 13.6. The molecule has 3 heteroatoms. The van der Waals surface area contributed by atoms with E-state index in [4.69, 9.17) is 10.5 Å². The normalized spacial score (nSPS) is 32.2. The van der Waals surface area contributed by atoms with Gasteiger partial charge in [-0.25, -0.2) is 0 Å². The minimum absolute atomic E-state index is 0.371. The van der Waals surface area contributed by atoms with Crippen molar-refractivity contribution in [2.45, 2.75) is 46.6 Å². The van der Waals surface area contributed by atoms with Crippen LogP contribution in [0.5, 0.6) is 0 Å². The molecule has 0 radical (unpaired) electrons. The average molecular weight is 270 g/mol. The Bertz CT molecular complexity index is 233. The Hall–Kier alpha value is -0.120. The molecule has 0 saturated heterocycles. The van der Waals surface area contributed by atoms with E-state index in [-0.39, 0.29) is 0 Å². The van der Waals surface area contributed by atoms with E-state index in [1.807, 2.05) is 0 Å². The fourth-order valence-electron chi connectivity index (χ4n) is 3.57. The second-order valence-corrected chi connectivity index (χ2v) is 7.03. The molecule has 0 aromatic heterocycles. The summed E-state index contributed by atoms with van der Waals surface area (Å²) in [5.41, 5.74) is 6.41. The molecule has 19 heavy (non-hydrogen) atoms. The van der Waals surface area contributed by atoms with Gasteiger partial charge in [-0.1, -0.05) is 27.7 Å². The highest BCUT2D eigenvalue weighted by Crippen LogP contribution is 2.33. The van der Waals surface area contributed by atoms with Crippen molar-refractivity contribution in [2.24, 2.45) is 29.4 Å². The van der Waals surface area contributed by atoms with Crippen molar-refractivity contribution in [3.63, 3.8) is 0 Å². The van der Waals surface area contributed by atoms with Gasteiger partial charge in [0.2, 0.25) is 0 Å². The van der Waals surface area contributed by atoms with Gasteiger partial charge in [0.1, 0.15) is 0 Å². The van der Waals surface area contributed by atoms with Crippen LogP contribution in [0.25, 0.3) is 0 Å². The Balaban J connectivity index is 2.55. The van der Waals surface area contributed by atoms with Crippen LogP contribution in [0.2, 0.25) is 0 Å². The van der Waals surface area contributed by atoms with Crippen molar-refractivity contribution in [2.75, 3.05) is 33.4 Å². The summed E-state index contributed by atoms with van der Waals surface area (Å²) in [5.74, 6) is 2.88. The number of nitrogens with zero attached hydrogens (tertiary/aromatic N) is 1. The van der Waals surface area contributed by atoms with E-state index < -0.39 is 0 Å². The third kappa shape index (κ3) is 5.80. The maximum Gasteiger partial charge on any atom is 0.0589 e. The Morgan fingerprint density at radius 1 is 1.26 bits per heavy atom. The number of hydrogen-bond donors (Lipinski definition) is 1. The van der Waals surface area contributed by atoms with Crippen molar-refractivity contribution in [1.29, 1.82) is 0 Å². The van der Waals surface area contributed by atoms with Gasteiger partial charge in [0.05, 0.1) is 6.61 Å². The monoisotopic (exact) mass is 270 g/mol. The first-order valence-electron chi connectivity index (χ1n) is 7.90. The minimum atomic E-state index is 0.371. The molecule has 0 aliphatic heterocycles. The minimum Gasteiger partial charge on any atom is -0.383 e. The van der Waals surface area contributed by atoms with Gasteiger partial charge < -0.3 is 15.4 Å². The first kappa shape index (κ1) is 16.9. The molecular formula is C16H34N2O. The molecule has 1 fully saturated rings. The lowest BCUT2D eigenvalue weighted by Gasteiger charge is -2.40. The van der Waals surface area contributed by atoms with Gasteiger partial charge >= 0.3 is 0 Å². The molecule has 1 saturated carbocycles. The van der Waals surface area contributed by atoms with Crippen LogP contribution in [0.1, 0.15) is 40.5 Å². The highest BCUT2D eigenvalue weighted by Gasteiger charge is 2.32. The summed E-state index contributed by atoms with van der Waals surface area (Å²) in [5, 5.41) is 0. The molecule has 4 atom stereocenters. The summed E-state index contributed by atoms with van der Waals surface area (Å²) in [6.07, 6.45) is 2.52. The predicted molar refractivity (Wildman–Crippen MR) is 82.2 cm³/mol. The predicted octanol–water partition coefficient (Wildman–Crippen LogP) is 2.60. The molecule has 1 rings (SSSR count). The number of nitrogens with two attached hydrogens (primary N) is 1. The Morgan fingerprint density at radius 3 is 2.47 bits per heavy atom. The molecule has 0 amide bonds. The molecule has 3 nitrogen and oxygen atoms in total. The molecule has 1 aliphatic carbocycles. The molecule has 1 aliphatic rings. The van der Waals surface area contributed by atoms with E-state index in [1.54, 1.807) is 7.11 Å². The van der Waals surface area contributed by atoms with Gasteiger partial charge in [-0.05, 0) is 36.5 Å². The first-order valence-corrected chi connectivity index (χ1v) is 7.90. The fourth-order valence-corrected chi connectivity index (χ4v) is 3.57. The van der Waals surface area contributed by atoms with E-state index in [0.717, 1.165) is 38.1 Å². The van der Waals surface area contributed by atoms with Crippen LogP contribution in [-0.2, 0) is 4.74 Å². The van der Waals surface area contributed by atoms with E-state index >= 15 is 0 Å². The van der Waals surface area contributed by atoms with Crippen LogP contribution >= 0.6 is 0 Å². The maximum atomic E-state index is 6.41.